The third-order valence-electron chi connectivity index (χ3n) is 3.96. The topological polar surface area (TPSA) is 60.9 Å². The van der Waals surface area contributed by atoms with Crippen LogP contribution in [0.4, 0.5) is 5.69 Å². The van der Waals surface area contributed by atoms with Crippen molar-refractivity contribution in [1.29, 1.82) is 0 Å². The van der Waals surface area contributed by atoms with Gasteiger partial charge < -0.3 is 14.7 Å². The lowest BCUT2D eigenvalue weighted by molar-refractivity contribution is -0.134. The normalized spacial score (nSPS) is 14.6. The predicted octanol–water partition coefficient (Wildman–Crippen LogP) is 1.30. The molecule has 0 spiro atoms. The molecule has 1 fully saturated rings. The monoisotopic (exact) mass is 337 g/mol. The molecule has 0 aliphatic carbocycles. The summed E-state index contributed by atoms with van der Waals surface area (Å²) < 4.78 is 0. The molecule has 1 aromatic rings. The zero-order valence-electron chi connectivity index (χ0n) is 13.3. The van der Waals surface area contributed by atoms with Crippen LogP contribution < -0.4 is 4.90 Å². The van der Waals surface area contributed by atoms with Crippen molar-refractivity contribution in [2.24, 2.45) is 0 Å². The number of benzene rings is 1. The number of halogens is 1. The molecule has 2 rings (SSSR count). The SMILES string of the molecule is CC(=O)N(CC(=O)N1CCN(C=O)CC1)c1ccc(C)c(Cl)c1. The molecule has 124 valence electrons. The molecule has 1 saturated heterocycles. The Morgan fingerprint density at radius 1 is 1.26 bits per heavy atom. The van der Waals surface area contributed by atoms with E-state index in [-0.39, 0.29) is 18.4 Å². The second kappa shape index (κ2) is 7.46. The molecule has 0 atom stereocenters. The Bertz CT molecular complexity index is 613. The third-order valence-corrected chi connectivity index (χ3v) is 4.36. The largest absolute Gasteiger partial charge is 0.342 e. The summed E-state index contributed by atoms with van der Waals surface area (Å²) in [6.07, 6.45) is 0.790. The Kier molecular flexibility index (Phi) is 5.60. The molecule has 6 nitrogen and oxygen atoms in total. The van der Waals surface area contributed by atoms with Crippen LogP contribution in [0, 0.1) is 6.92 Å². The van der Waals surface area contributed by atoms with E-state index in [0.717, 1.165) is 12.0 Å². The summed E-state index contributed by atoms with van der Waals surface area (Å²) in [5.74, 6) is -0.354. The Morgan fingerprint density at radius 2 is 1.91 bits per heavy atom. The molecule has 0 saturated carbocycles. The lowest BCUT2D eigenvalue weighted by Crippen LogP contribution is -2.51. The van der Waals surface area contributed by atoms with Gasteiger partial charge in [-0.2, -0.15) is 0 Å². The molecule has 23 heavy (non-hydrogen) atoms. The van der Waals surface area contributed by atoms with E-state index in [4.69, 9.17) is 11.6 Å². The van der Waals surface area contributed by atoms with Crippen LogP contribution in [0.1, 0.15) is 12.5 Å². The summed E-state index contributed by atoms with van der Waals surface area (Å²) in [5, 5.41) is 0.556. The van der Waals surface area contributed by atoms with Crippen molar-refractivity contribution in [3.05, 3.63) is 28.8 Å². The van der Waals surface area contributed by atoms with E-state index in [2.05, 4.69) is 0 Å². The molecule has 0 N–H and O–H groups in total. The first kappa shape index (κ1) is 17.3. The fourth-order valence-corrected chi connectivity index (χ4v) is 2.62. The highest BCUT2D eigenvalue weighted by Crippen LogP contribution is 2.23. The van der Waals surface area contributed by atoms with Crippen molar-refractivity contribution in [2.45, 2.75) is 13.8 Å². The average molecular weight is 338 g/mol. The van der Waals surface area contributed by atoms with Crippen molar-refractivity contribution < 1.29 is 14.4 Å². The summed E-state index contributed by atoms with van der Waals surface area (Å²) in [6.45, 7) is 5.27. The predicted molar refractivity (Wildman–Crippen MR) is 88.4 cm³/mol. The maximum Gasteiger partial charge on any atom is 0.242 e. The van der Waals surface area contributed by atoms with Gasteiger partial charge in [-0.15, -0.1) is 0 Å². The first-order valence-corrected chi connectivity index (χ1v) is 7.81. The highest BCUT2D eigenvalue weighted by molar-refractivity contribution is 6.31. The maximum atomic E-state index is 12.4. The number of carbonyl (C=O) groups excluding carboxylic acids is 3. The van der Waals surface area contributed by atoms with E-state index in [9.17, 15) is 14.4 Å². The van der Waals surface area contributed by atoms with Crippen molar-refractivity contribution in [3.63, 3.8) is 0 Å². The minimum absolute atomic E-state index is 0.0319. The zero-order valence-corrected chi connectivity index (χ0v) is 14.0. The molecule has 1 aliphatic heterocycles. The number of nitrogens with zero attached hydrogens (tertiary/aromatic N) is 3. The molecule has 0 radical (unpaired) electrons. The van der Waals surface area contributed by atoms with E-state index in [1.807, 2.05) is 13.0 Å². The van der Waals surface area contributed by atoms with E-state index < -0.39 is 0 Å². The number of rotatable bonds is 4. The summed E-state index contributed by atoms with van der Waals surface area (Å²) in [7, 11) is 0. The van der Waals surface area contributed by atoms with Crippen molar-refractivity contribution >= 4 is 35.5 Å². The molecule has 0 bridgehead atoms. The van der Waals surface area contributed by atoms with E-state index >= 15 is 0 Å². The number of aryl methyl sites for hydroxylation is 1. The smallest absolute Gasteiger partial charge is 0.242 e. The van der Waals surface area contributed by atoms with Crippen molar-refractivity contribution in [2.75, 3.05) is 37.6 Å². The number of piperazine rings is 1. The van der Waals surface area contributed by atoms with Gasteiger partial charge in [0, 0.05) is 43.8 Å². The lowest BCUT2D eigenvalue weighted by atomic mass is 10.2. The van der Waals surface area contributed by atoms with Gasteiger partial charge in [-0.05, 0) is 24.6 Å². The first-order valence-electron chi connectivity index (χ1n) is 7.43. The molecule has 1 heterocycles. The molecule has 1 aliphatic rings. The zero-order chi connectivity index (χ0) is 17.0. The number of hydrogen-bond acceptors (Lipinski definition) is 3. The summed E-state index contributed by atoms with van der Waals surface area (Å²) in [4.78, 5) is 39.8. The summed E-state index contributed by atoms with van der Waals surface area (Å²) in [6, 6.07) is 5.29. The van der Waals surface area contributed by atoms with Gasteiger partial charge in [0.25, 0.3) is 0 Å². The maximum absolute atomic E-state index is 12.4. The van der Waals surface area contributed by atoms with Crippen LogP contribution in [0.5, 0.6) is 0 Å². The second-order valence-electron chi connectivity index (χ2n) is 5.56. The van der Waals surface area contributed by atoms with E-state index in [1.165, 1.54) is 11.8 Å². The number of amides is 3. The van der Waals surface area contributed by atoms with Crippen LogP contribution in [0.3, 0.4) is 0 Å². The number of anilines is 1. The van der Waals surface area contributed by atoms with Crippen LogP contribution in [-0.2, 0) is 14.4 Å². The Hall–Kier alpha value is -2.08. The fourth-order valence-electron chi connectivity index (χ4n) is 2.45. The number of hydrogen-bond donors (Lipinski definition) is 0. The molecular formula is C16H20ClN3O3. The van der Waals surface area contributed by atoms with Crippen LogP contribution in [0.2, 0.25) is 5.02 Å². The first-order chi connectivity index (χ1) is 10.9. The lowest BCUT2D eigenvalue weighted by Gasteiger charge is -2.34. The third kappa shape index (κ3) is 4.22. The van der Waals surface area contributed by atoms with Gasteiger partial charge in [0.2, 0.25) is 18.2 Å². The summed E-state index contributed by atoms with van der Waals surface area (Å²) in [5.41, 5.74) is 1.52. The molecule has 7 heteroatoms. The van der Waals surface area contributed by atoms with E-state index in [1.54, 1.807) is 21.9 Å². The minimum Gasteiger partial charge on any atom is -0.342 e. The van der Waals surface area contributed by atoms with Crippen molar-refractivity contribution in [3.8, 4) is 0 Å². The van der Waals surface area contributed by atoms with Crippen LogP contribution >= 0.6 is 11.6 Å². The van der Waals surface area contributed by atoms with Crippen LogP contribution in [-0.4, -0.2) is 60.7 Å². The van der Waals surface area contributed by atoms with Crippen LogP contribution in [0.15, 0.2) is 18.2 Å². The quantitative estimate of drug-likeness (QED) is 0.778. The van der Waals surface area contributed by atoms with Gasteiger partial charge in [0.15, 0.2) is 0 Å². The fraction of sp³-hybridized carbons (Fsp3) is 0.438. The molecule has 0 unspecified atom stereocenters. The van der Waals surface area contributed by atoms with Gasteiger partial charge in [-0.3, -0.25) is 14.4 Å². The Balaban J connectivity index is 2.07. The van der Waals surface area contributed by atoms with Gasteiger partial charge in [0.05, 0.1) is 0 Å². The molecule has 0 aromatic heterocycles. The molecular weight excluding hydrogens is 318 g/mol. The van der Waals surface area contributed by atoms with Gasteiger partial charge in [-0.1, -0.05) is 17.7 Å². The van der Waals surface area contributed by atoms with E-state index in [0.29, 0.717) is 36.9 Å². The summed E-state index contributed by atoms with van der Waals surface area (Å²) >= 11 is 6.11. The standard InChI is InChI=1S/C16H20ClN3O3/c1-12-3-4-14(9-15(12)17)20(13(2)22)10-16(23)19-7-5-18(11-21)6-8-19/h3-4,9,11H,5-8,10H2,1-2H3. The second-order valence-corrected chi connectivity index (χ2v) is 5.97. The highest BCUT2D eigenvalue weighted by atomic mass is 35.5. The Morgan fingerprint density at radius 3 is 2.43 bits per heavy atom. The van der Waals surface area contributed by atoms with Gasteiger partial charge in [-0.25, -0.2) is 0 Å². The number of carbonyl (C=O) groups is 3. The minimum atomic E-state index is -0.218. The average Bonchev–Trinajstić information content (AvgIpc) is 2.55. The van der Waals surface area contributed by atoms with Crippen molar-refractivity contribution in [1.82, 2.24) is 9.80 Å². The van der Waals surface area contributed by atoms with Gasteiger partial charge in [0.1, 0.15) is 6.54 Å². The van der Waals surface area contributed by atoms with Gasteiger partial charge >= 0.3 is 0 Å². The molecule has 1 aromatic carbocycles. The van der Waals surface area contributed by atoms with Crippen LogP contribution in [0.25, 0.3) is 0 Å². The highest BCUT2D eigenvalue weighted by Gasteiger charge is 2.24. The molecule has 3 amide bonds. The Labute approximate surface area is 140 Å².